The van der Waals surface area contributed by atoms with Gasteiger partial charge in [0.05, 0.1) is 24.4 Å². The summed E-state index contributed by atoms with van der Waals surface area (Å²) in [5.74, 6) is 1.09. The molecule has 3 rings (SSSR count). The third kappa shape index (κ3) is 3.64. The van der Waals surface area contributed by atoms with Gasteiger partial charge in [-0.25, -0.2) is 0 Å². The van der Waals surface area contributed by atoms with Crippen LogP contribution >= 0.6 is 0 Å². The normalized spacial score (nSPS) is 16.9. The van der Waals surface area contributed by atoms with Gasteiger partial charge in [0.15, 0.2) is 0 Å². The van der Waals surface area contributed by atoms with E-state index in [4.69, 9.17) is 9.47 Å². The highest BCUT2D eigenvalue weighted by Gasteiger charge is 2.29. The summed E-state index contributed by atoms with van der Waals surface area (Å²) in [7, 11) is 0. The molecular formula is C18H21N3O3. The average Bonchev–Trinajstić information content (AvgIpc) is 3.06. The van der Waals surface area contributed by atoms with Gasteiger partial charge in [0.1, 0.15) is 11.9 Å². The first kappa shape index (κ1) is 16.2. The predicted molar refractivity (Wildman–Crippen MR) is 89.3 cm³/mol. The van der Waals surface area contributed by atoms with E-state index in [9.17, 15) is 4.79 Å². The van der Waals surface area contributed by atoms with E-state index in [1.807, 2.05) is 38.1 Å². The molecule has 1 saturated heterocycles. The van der Waals surface area contributed by atoms with E-state index in [-0.39, 0.29) is 12.0 Å². The lowest BCUT2D eigenvalue weighted by atomic mass is 10.2. The summed E-state index contributed by atoms with van der Waals surface area (Å²) in [5.41, 5.74) is 1.44. The zero-order valence-electron chi connectivity index (χ0n) is 13.9. The Morgan fingerprint density at radius 3 is 2.83 bits per heavy atom. The molecule has 0 N–H and O–H groups in total. The average molecular weight is 327 g/mol. The Morgan fingerprint density at radius 2 is 2.08 bits per heavy atom. The topological polar surface area (TPSA) is 64.5 Å². The second kappa shape index (κ2) is 7.29. The van der Waals surface area contributed by atoms with Crippen LogP contribution in [0.25, 0.3) is 0 Å². The van der Waals surface area contributed by atoms with Crippen molar-refractivity contribution in [3.05, 3.63) is 47.7 Å². The Balaban J connectivity index is 1.65. The first-order chi connectivity index (χ1) is 11.7. The van der Waals surface area contributed by atoms with Gasteiger partial charge in [-0.15, -0.1) is 5.10 Å². The Bertz CT molecular complexity index is 703. The maximum atomic E-state index is 12.7. The van der Waals surface area contributed by atoms with Crippen LogP contribution in [0, 0.1) is 6.92 Å². The van der Waals surface area contributed by atoms with Crippen LogP contribution in [0.5, 0.6) is 11.6 Å². The Morgan fingerprint density at radius 1 is 1.25 bits per heavy atom. The van der Waals surface area contributed by atoms with Gasteiger partial charge >= 0.3 is 0 Å². The largest absolute Gasteiger partial charge is 0.493 e. The number of aromatic nitrogens is 2. The molecule has 1 aromatic carbocycles. The zero-order valence-corrected chi connectivity index (χ0v) is 13.9. The fourth-order valence-electron chi connectivity index (χ4n) is 2.72. The van der Waals surface area contributed by atoms with Gasteiger partial charge in [0.25, 0.3) is 5.91 Å². The molecule has 0 spiro atoms. The minimum Gasteiger partial charge on any atom is -0.493 e. The van der Waals surface area contributed by atoms with E-state index in [0.717, 1.165) is 12.1 Å². The fourth-order valence-corrected chi connectivity index (χ4v) is 2.72. The molecule has 1 amide bonds. The Kier molecular flexibility index (Phi) is 4.93. The number of nitrogens with zero attached hydrogens (tertiary/aromatic N) is 3. The van der Waals surface area contributed by atoms with Crippen molar-refractivity contribution in [3.8, 4) is 11.6 Å². The van der Waals surface area contributed by atoms with Crippen LogP contribution in [0.3, 0.4) is 0 Å². The van der Waals surface area contributed by atoms with Crippen molar-refractivity contribution >= 4 is 5.91 Å². The smallest absolute Gasteiger partial charge is 0.257 e. The van der Waals surface area contributed by atoms with E-state index in [1.54, 1.807) is 17.0 Å². The van der Waals surface area contributed by atoms with Crippen LogP contribution in [0.2, 0.25) is 0 Å². The summed E-state index contributed by atoms with van der Waals surface area (Å²) in [6, 6.07) is 11.0. The third-order valence-corrected chi connectivity index (χ3v) is 3.91. The van der Waals surface area contributed by atoms with Crippen molar-refractivity contribution in [2.45, 2.75) is 26.4 Å². The van der Waals surface area contributed by atoms with Gasteiger partial charge < -0.3 is 14.4 Å². The predicted octanol–water partition coefficient (Wildman–Crippen LogP) is 2.48. The number of rotatable bonds is 5. The Labute approximate surface area is 141 Å². The van der Waals surface area contributed by atoms with Crippen molar-refractivity contribution in [2.24, 2.45) is 0 Å². The number of ether oxygens (including phenoxy) is 2. The van der Waals surface area contributed by atoms with Gasteiger partial charge in [0.2, 0.25) is 5.88 Å². The molecule has 0 radical (unpaired) electrons. The molecule has 1 aliphatic heterocycles. The van der Waals surface area contributed by atoms with Crippen LogP contribution in [0.15, 0.2) is 36.4 Å². The van der Waals surface area contributed by atoms with Crippen molar-refractivity contribution in [1.82, 2.24) is 15.1 Å². The molecule has 1 fully saturated rings. The summed E-state index contributed by atoms with van der Waals surface area (Å²) in [6.45, 7) is 5.51. The van der Waals surface area contributed by atoms with Gasteiger partial charge in [-0.2, -0.15) is 5.10 Å². The molecule has 6 nitrogen and oxygen atoms in total. The number of carbonyl (C=O) groups is 1. The number of hydrogen-bond acceptors (Lipinski definition) is 5. The highest BCUT2D eigenvalue weighted by atomic mass is 16.5. The quantitative estimate of drug-likeness (QED) is 0.844. The second-order valence-corrected chi connectivity index (χ2v) is 5.72. The minimum absolute atomic E-state index is 0.0276. The maximum absolute atomic E-state index is 12.7. The highest BCUT2D eigenvalue weighted by Crippen LogP contribution is 2.23. The summed E-state index contributed by atoms with van der Waals surface area (Å²) in [5, 5.41) is 8.00. The standard InChI is InChI=1S/C18H21N3O3/c1-3-23-16-7-5-4-6-15(16)18(22)21-11-10-14(12-21)24-17-9-8-13(2)19-20-17/h4-9,14H,3,10-12H2,1-2H3. The van der Waals surface area contributed by atoms with E-state index < -0.39 is 0 Å². The summed E-state index contributed by atoms with van der Waals surface area (Å²) >= 11 is 0. The summed E-state index contributed by atoms with van der Waals surface area (Å²) in [6.07, 6.45) is 0.711. The van der Waals surface area contributed by atoms with Gasteiger partial charge in [0, 0.05) is 19.0 Å². The third-order valence-electron chi connectivity index (χ3n) is 3.91. The lowest BCUT2D eigenvalue weighted by molar-refractivity contribution is 0.0767. The number of carbonyl (C=O) groups excluding carboxylic acids is 1. The van der Waals surface area contributed by atoms with Crippen LogP contribution in [-0.4, -0.2) is 46.8 Å². The number of likely N-dealkylation sites (tertiary alicyclic amines) is 1. The van der Waals surface area contributed by atoms with Crippen LogP contribution in [0.4, 0.5) is 0 Å². The molecule has 1 unspecified atom stereocenters. The molecule has 24 heavy (non-hydrogen) atoms. The summed E-state index contributed by atoms with van der Waals surface area (Å²) in [4.78, 5) is 14.5. The number of aryl methyl sites for hydroxylation is 1. The molecule has 1 aromatic heterocycles. The monoisotopic (exact) mass is 327 g/mol. The molecule has 2 heterocycles. The van der Waals surface area contributed by atoms with E-state index >= 15 is 0 Å². The molecule has 6 heteroatoms. The van der Waals surface area contributed by atoms with Gasteiger partial charge in [-0.3, -0.25) is 4.79 Å². The van der Waals surface area contributed by atoms with Crippen molar-refractivity contribution < 1.29 is 14.3 Å². The van der Waals surface area contributed by atoms with Crippen molar-refractivity contribution in [3.63, 3.8) is 0 Å². The zero-order chi connectivity index (χ0) is 16.9. The van der Waals surface area contributed by atoms with Crippen LogP contribution in [-0.2, 0) is 0 Å². The first-order valence-corrected chi connectivity index (χ1v) is 8.15. The minimum atomic E-state index is -0.0646. The van der Waals surface area contributed by atoms with Gasteiger partial charge in [-0.05, 0) is 32.0 Å². The molecular weight excluding hydrogens is 306 g/mol. The molecule has 0 saturated carbocycles. The maximum Gasteiger partial charge on any atom is 0.257 e. The second-order valence-electron chi connectivity index (χ2n) is 5.72. The van der Waals surface area contributed by atoms with Crippen LogP contribution in [0.1, 0.15) is 29.4 Å². The molecule has 0 bridgehead atoms. The lowest BCUT2D eigenvalue weighted by Gasteiger charge is -2.18. The number of hydrogen-bond donors (Lipinski definition) is 0. The van der Waals surface area contributed by atoms with Crippen molar-refractivity contribution in [2.75, 3.05) is 19.7 Å². The van der Waals surface area contributed by atoms with E-state index in [1.165, 1.54) is 0 Å². The molecule has 1 atom stereocenters. The SMILES string of the molecule is CCOc1ccccc1C(=O)N1CCC(Oc2ccc(C)nn2)C1. The number of benzene rings is 1. The molecule has 126 valence electrons. The highest BCUT2D eigenvalue weighted by molar-refractivity contribution is 5.97. The first-order valence-electron chi connectivity index (χ1n) is 8.15. The number of para-hydroxylation sites is 1. The fraction of sp³-hybridized carbons (Fsp3) is 0.389. The van der Waals surface area contributed by atoms with Gasteiger partial charge in [-0.1, -0.05) is 12.1 Å². The molecule has 0 aliphatic carbocycles. The van der Waals surface area contributed by atoms with Crippen molar-refractivity contribution in [1.29, 1.82) is 0 Å². The van der Waals surface area contributed by atoms with Crippen LogP contribution < -0.4 is 9.47 Å². The molecule has 1 aliphatic rings. The van der Waals surface area contributed by atoms with E-state index in [2.05, 4.69) is 10.2 Å². The lowest BCUT2D eigenvalue weighted by Crippen LogP contribution is -2.31. The summed E-state index contributed by atoms with van der Waals surface area (Å²) < 4.78 is 11.4. The molecule has 2 aromatic rings. The Hall–Kier alpha value is -2.63. The number of amides is 1. The van der Waals surface area contributed by atoms with E-state index in [0.29, 0.717) is 36.9 Å².